The molecule has 2 aromatic carbocycles. The Hall–Kier alpha value is -1.91. The van der Waals surface area contributed by atoms with Crippen molar-refractivity contribution < 1.29 is 13.9 Å². The number of Topliss-reactive ketones (excluding diaryl/α,β-unsaturated/α-hetero) is 1. The molecule has 3 aromatic rings. The molecule has 4 heteroatoms. The molecule has 0 saturated carbocycles. The van der Waals surface area contributed by atoms with Crippen molar-refractivity contribution in [2.24, 2.45) is 0 Å². The fourth-order valence-electron chi connectivity index (χ4n) is 2.16. The number of furan rings is 1. The second kappa shape index (κ2) is 6.24. The lowest BCUT2D eigenvalue weighted by molar-refractivity contribution is 0.0727. The second-order valence-corrected chi connectivity index (χ2v) is 5.61. The highest BCUT2D eigenvalue weighted by atomic mass is 79.9. The Morgan fingerprint density at radius 1 is 1.14 bits per heavy atom. The normalized spacial score (nSPS) is 10.9. The van der Waals surface area contributed by atoms with Gasteiger partial charge in [-0.05, 0) is 23.8 Å². The maximum absolute atomic E-state index is 12.2. The van der Waals surface area contributed by atoms with Crippen LogP contribution in [0.3, 0.4) is 0 Å². The summed E-state index contributed by atoms with van der Waals surface area (Å²) in [7, 11) is 0. The molecule has 0 bridgehead atoms. The van der Waals surface area contributed by atoms with Crippen molar-refractivity contribution in [3.63, 3.8) is 0 Å². The molecule has 21 heavy (non-hydrogen) atoms. The van der Waals surface area contributed by atoms with Gasteiger partial charge in [-0.3, -0.25) is 4.79 Å². The molecule has 0 N–H and O–H groups in total. The first-order valence-electron chi connectivity index (χ1n) is 6.55. The predicted octanol–water partition coefficient (Wildman–Crippen LogP) is 4.59. The minimum Gasteiger partial charge on any atom is -0.464 e. The molecule has 0 saturated heterocycles. The lowest BCUT2D eigenvalue weighted by atomic mass is 10.1. The van der Waals surface area contributed by atoms with Crippen LogP contribution in [0.2, 0.25) is 0 Å². The van der Waals surface area contributed by atoms with Gasteiger partial charge in [-0.1, -0.05) is 46.3 Å². The fourth-order valence-corrected chi connectivity index (χ4v) is 2.61. The first-order valence-corrected chi connectivity index (χ1v) is 7.35. The SMILES string of the molecule is O=C(COCc1cccc(Br)c1)c1coc2ccccc12. The van der Waals surface area contributed by atoms with Gasteiger partial charge in [-0.25, -0.2) is 0 Å². The van der Waals surface area contributed by atoms with Crippen LogP contribution in [0.15, 0.2) is 63.7 Å². The van der Waals surface area contributed by atoms with E-state index in [1.54, 1.807) is 0 Å². The third-order valence-electron chi connectivity index (χ3n) is 3.17. The summed E-state index contributed by atoms with van der Waals surface area (Å²) in [6.07, 6.45) is 1.50. The predicted molar refractivity (Wildman–Crippen MR) is 84.3 cm³/mol. The van der Waals surface area contributed by atoms with Crippen molar-refractivity contribution >= 4 is 32.7 Å². The summed E-state index contributed by atoms with van der Waals surface area (Å²) >= 11 is 3.41. The number of ketones is 1. The fraction of sp³-hybridized carbons (Fsp3) is 0.118. The molecule has 0 fully saturated rings. The highest BCUT2D eigenvalue weighted by molar-refractivity contribution is 9.10. The molecule has 1 aromatic heterocycles. The van der Waals surface area contributed by atoms with Crippen LogP contribution in [0.1, 0.15) is 15.9 Å². The molecule has 0 amide bonds. The molecule has 1 heterocycles. The lowest BCUT2D eigenvalue weighted by Gasteiger charge is -2.03. The number of halogens is 1. The van der Waals surface area contributed by atoms with E-state index in [-0.39, 0.29) is 12.4 Å². The largest absolute Gasteiger partial charge is 0.464 e. The van der Waals surface area contributed by atoms with Gasteiger partial charge in [0, 0.05) is 9.86 Å². The zero-order valence-corrected chi connectivity index (χ0v) is 12.8. The van der Waals surface area contributed by atoms with E-state index in [0.29, 0.717) is 17.8 Å². The zero-order chi connectivity index (χ0) is 14.7. The highest BCUT2D eigenvalue weighted by Crippen LogP contribution is 2.21. The van der Waals surface area contributed by atoms with Gasteiger partial charge in [0.05, 0.1) is 12.2 Å². The summed E-state index contributed by atoms with van der Waals surface area (Å²) < 4.78 is 11.9. The van der Waals surface area contributed by atoms with E-state index in [4.69, 9.17) is 9.15 Å². The lowest BCUT2D eigenvalue weighted by Crippen LogP contribution is -2.08. The van der Waals surface area contributed by atoms with E-state index < -0.39 is 0 Å². The molecular weight excluding hydrogens is 332 g/mol. The van der Waals surface area contributed by atoms with E-state index in [9.17, 15) is 4.79 Å². The van der Waals surface area contributed by atoms with Gasteiger partial charge < -0.3 is 9.15 Å². The Bertz CT molecular complexity index is 776. The molecule has 0 atom stereocenters. The van der Waals surface area contributed by atoms with Crippen LogP contribution in [-0.2, 0) is 11.3 Å². The van der Waals surface area contributed by atoms with Crippen LogP contribution in [0.5, 0.6) is 0 Å². The van der Waals surface area contributed by atoms with Crippen molar-refractivity contribution in [1.29, 1.82) is 0 Å². The number of fused-ring (bicyclic) bond motifs is 1. The smallest absolute Gasteiger partial charge is 0.192 e. The molecule has 0 aliphatic rings. The number of hydrogen-bond donors (Lipinski definition) is 0. The summed E-state index contributed by atoms with van der Waals surface area (Å²) in [4.78, 5) is 12.2. The number of carbonyl (C=O) groups excluding carboxylic acids is 1. The molecule has 3 nitrogen and oxygen atoms in total. The Kier molecular flexibility index (Phi) is 4.18. The maximum Gasteiger partial charge on any atom is 0.192 e. The summed E-state index contributed by atoms with van der Waals surface area (Å²) in [6.45, 7) is 0.441. The Morgan fingerprint density at radius 3 is 2.86 bits per heavy atom. The third kappa shape index (κ3) is 3.23. The molecule has 0 radical (unpaired) electrons. The zero-order valence-electron chi connectivity index (χ0n) is 11.2. The van der Waals surface area contributed by atoms with Crippen LogP contribution in [0, 0.1) is 0 Å². The van der Waals surface area contributed by atoms with Crippen LogP contribution >= 0.6 is 15.9 Å². The summed E-state index contributed by atoms with van der Waals surface area (Å²) in [5.41, 5.74) is 2.31. The van der Waals surface area contributed by atoms with Crippen LogP contribution in [0.25, 0.3) is 11.0 Å². The number of hydrogen-bond acceptors (Lipinski definition) is 3. The monoisotopic (exact) mass is 344 g/mol. The third-order valence-corrected chi connectivity index (χ3v) is 3.67. The standard InChI is InChI=1S/C17H13BrO3/c18-13-5-3-4-12(8-13)9-20-11-16(19)15-10-21-17-7-2-1-6-14(15)17/h1-8,10H,9,11H2. The summed E-state index contributed by atoms with van der Waals surface area (Å²) in [5, 5.41) is 0.827. The number of benzene rings is 2. The molecule has 106 valence electrons. The van der Waals surface area contributed by atoms with E-state index in [1.807, 2.05) is 48.5 Å². The molecule has 0 aliphatic carbocycles. The number of para-hydroxylation sites is 1. The van der Waals surface area contributed by atoms with Crippen LogP contribution in [-0.4, -0.2) is 12.4 Å². The first-order chi connectivity index (χ1) is 10.2. The van der Waals surface area contributed by atoms with Crippen molar-refractivity contribution in [1.82, 2.24) is 0 Å². The van der Waals surface area contributed by atoms with Gasteiger partial charge in [-0.15, -0.1) is 0 Å². The van der Waals surface area contributed by atoms with Gasteiger partial charge >= 0.3 is 0 Å². The van der Waals surface area contributed by atoms with Crippen LogP contribution in [0.4, 0.5) is 0 Å². The Morgan fingerprint density at radius 2 is 2.00 bits per heavy atom. The molecule has 0 unspecified atom stereocenters. The molecule has 0 aliphatic heterocycles. The quantitative estimate of drug-likeness (QED) is 0.635. The van der Waals surface area contributed by atoms with Gasteiger partial charge in [0.2, 0.25) is 0 Å². The van der Waals surface area contributed by atoms with Gasteiger partial charge in [-0.2, -0.15) is 0 Å². The molecular formula is C17H13BrO3. The van der Waals surface area contributed by atoms with Gasteiger partial charge in [0.15, 0.2) is 5.78 Å². The van der Waals surface area contributed by atoms with Crippen molar-refractivity contribution in [3.8, 4) is 0 Å². The van der Waals surface area contributed by atoms with Crippen molar-refractivity contribution in [2.75, 3.05) is 6.61 Å². The average molecular weight is 345 g/mol. The summed E-state index contributed by atoms with van der Waals surface area (Å²) in [6, 6.07) is 15.3. The maximum atomic E-state index is 12.2. The average Bonchev–Trinajstić information content (AvgIpc) is 2.91. The molecule has 3 rings (SSSR count). The minimum absolute atomic E-state index is 0.0377. The van der Waals surface area contributed by atoms with E-state index in [2.05, 4.69) is 15.9 Å². The van der Waals surface area contributed by atoms with Crippen molar-refractivity contribution in [2.45, 2.75) is 6.61 Å². The highest BCUT2D eigenvalue weighted by Gasteiger charge is 2.13. The minimum atomic E-state index is -0.0741. The van der Waals surface area contributed by atoms with Crippen molar-refractivity contribution in [3.05, 3.63) is 70.4 Å². The van der Waals surface area contributed by atoms with Crippen LogP contribution < -0.4 is 0 Å². The van der Waals surface area contributed by atoms with E-state index >= 15 is 0 Å². The van der Waals surface area contributed by atoms with E-state index in [0.717, 1.165) is 15.4 Å². The Balaban J connectivity index is 1.64. The second-order valence-electron chi connectivity index (χ2n) is 4.69. The summed E-state index contributed by atoms with van der Waals surface area (Å²) in [5.74, 6) is -0.0741. The van der Waals surface area contributed by atoms with Gasteiger partial charge in [0.25, 0.3) is 0 Å². The number of ether oxygens (including phenoxy) is 1. The first kappa shape index (κ1) is 14.0. The number of rotatable bonds is 5. The topological polar surface area (TPSA) is 39.4 Å². The van der Waals surface area contributed by atoms with Gasteiger partial charge in [0.1, 0.15) is 18.5 Å². The number of carbonyl (C=O) groups is 1. The molecule has 0 spiro atoms. The Labute approximate surface area is 130 Å². The van der Waals surface area contributed by atoms with E-state index in [1.165, 1.54) is 6.26 Å².